The molecule has 0 aliphatic heterocycles. The van der Waals surface area contributed by atoms with Crippen molar-refractivity contribution in [3.05, 3.63) is 87.7 Å². The Balaban J connectivity index is 1.95. The highest BCUT2D eigenvalue weighted by Gasteiger charge is 2.26. The molecule has 3 aromatic rings. The van der Waals surface area contributed by atoms with E-state index in [0.717, 1.165) is 0 Å². The Morgan fingerprint density at radius 2 is 1.83 bits per heavy atom. The molecule has 1 unspecified atom stereocenters. The summed E-state index contributed by atoms with van der Waals surface area (Å²) in [5.41, 5.74) is 0.337. The first-order valence-corrected chi connectivity index (χ1v) is 8.90. The van der Waals surface area contributed by atoms with E-state index in [0.29, 0.717) is 17.0 Å². The maximum absolute atomic E-state index is 13.1. The molecule has 0 radical (unpaired) electrons. The fraction of sp³-hybridized carbons (Fsp3) is 0.182. The van der Waals surface area contributed by atoms with Crippen LogP contribution in [0, 0.1) is 12.7 Å². The van der Waals surface area contributed by atoms with Gasteiger partial charge in [-0.15, -0.1) is 0 Å². The van der Waals surface area contributed by atoms with E-state index < -0.39 is 23.3 Å². The molecule has 7 heteroatoms. The number of aryl methyl sites for hydroxylation is 1. The van der Waals surface area contributed by atoms with Gasteiger partial charge in [0.15, 0.2) is 0 Å². The maximum Gasteiger partial charge on any atom is 0.343 e. The minimum absolute atomic E-state index is 0.00461. The van der Waals surface area contributed by atoms with E-state index in [-0.39, 0.29) is 23.5 Å². The minimum atomic E-state index is -0.752. The summed E-state index contributed by atoms with van der Waals surface area (Å²) in [4.78, 5) is 25.1. The van der Waals surface area contributed by atoms with Crippen molar-refractivity contribution in [1.82, 2.24) is 0 Å². The average Bonchev–Trinajstić information content (AvgIpc) is 2.68. The van der Waals surface area contributed by atoms with Crippen LogP contribution in [0.5, 0.6) is 11.5 Å². The number of aromatic hydroxyl groups is 1. The normalized spacial score (nSPS) is 11.7. The van der Waals surface area contributed by atoms with Crippen LogP contribution in [-0.4, -0.2) is 18.1 Å². The van der Waals surface area contributed by atoms with E-state index in [1.54, 1.807) is 31.2 Å². The lowest BCUT2D eigenvalue weighted by Gasteiger charge is -2.18. The third kappa shape index (κ3) is 4.82. The molecule has 29 heavy (non-hydrogen) atoms. The summed E-state index contributed by atoms with van der Waals surface area (Å²) < 4.78 is 23.3. The summed E-state index contributed by atoms with van der Waals surface area (Å²) >= 11 is 0. The molecule has 3 rings (SSSR count). The van der Waals surface area contributed by atoms with Crippen molar-refractivity contribution in [3.8, 4) is 11.5 Å². The molecule has 1 atom stereocenters. The van der Waals surface area contributed by atoms with E-state index in [4.69, 9.17) is 9.15 Å². The average molecular weight is 397 g/mol. The molecular formula is C22H20FNO5. The lowest BCUT2D eigenvalue weighted by molar-refractivity contribution is -0.116. The van der Waals surface area contributed by atoms with Gasteiger partial charge in [-0.1, -0.05) is 12.1 Å². The number of methoxy groups -OCH3 is 1. The first-order chi connectivity index (χ1) is 13.9. The smallest absolute Gasteiger partial charge is 0.343 e. The quantitative estimate of drug-likeness (QED) is 0.657. The highest BCUT2D eigenvalue weighted by molar-refractivity contribution is 5.91. The van der Waals surface area contributed by atoms with Crippen LogP contribution in [0.3, 0.4) is 0 Å². The molecule has 150 valence electrons. The largest absolute Gasteiger partial charge is 0.507 e. The van der Waals surface area contributed by atoms with Crippen LogP contribution < -0.4 is 15.7 Å². The van der Waals surface area contributed by atoms with Gasteiger partial charge >= 0.3 is 5.63 Å². The summed E-state index contributed by atoms with van der Waals surface area (Å²) in [6.07, 6.45) is -0.134. The number of ether oxygens (including phenoxy) is 1. The molecular weight excluding hydrogens is 377 g/mol. The predicted molar refractivity (Wildman–Crippen MR) is 106 cm³/mol. The van der Waals surface area contributed by atoms with Crippen LogP contribution in [0.4, 0.5) is 10.1 Å². The van der Waals surface area contributed by atoms with Gasteiger partial charge in [0.1, 0.15) is 23.1 Å². The van der Waals surface area contributed by atoms with E-state index in [1.165, 1.54) is 37.4 Å². The number of amides is 1. The van der Waals surface area contributed by atoms with Gasteiger partial charge in [0.25, 0.3) is 0 Å². The Labute approximate surface area is 166 Å². The van der Waals surface area contributed by atoms with Crippen LogP contribution >= 0.6 is 0 Å². The number of hydrogen-bond acceptors (Lipinski definition) is 5. The van der Waals surface area contributed by atoms with Crippen molar-refractivity contribution in [1.29, 1.82) is 0 Å². The number of hydrogen-bond donors (Lipinski definition) is 2. The van der Waals surface area contributed by atoms with Crippen LogP contribution in [0.2, 0.25) is 0 Å². The van der Waals surface area contributed by atoms with Crippen LogP contribution in [-0.2, 0) is 4.79 Å². The number of benzene rings is 2. The zero-order chi connectivity index (χ0) is 21.0. The zero-order valence-electron chi connectivity index (χ0n) is 15.9. The topological polar surface area (TPSA) is 88.8 Å². The van der Waals surface area contributed by atoms with Crippen LogP contribution in [0.25, 0.3) is 0 Å². The number of carbonyl (C=O) groups is 1. The molecule has 0 saturated heterocycles. The third-order valence-electron chi connectivity index (χ3n) is 4.47. The maximum atomic E-state index is 13.1. The molecule has 1 heterocycles. The fourth-order valence-electron chi connectivity index (χ4n) is 3.08. The molecule has 1 amide bonds. The number of halogens is 1. The summed E-state index contributed by atoms with van der Waals surface area (Å²) in [7, 11) is 1.53. The SMILES string of the molecule is COc1ccc(C(CC(=O)Nc2ccc(F)cc2)c2c(O)cc(C)oc2=O)cc1. The van der Waals surface area contributed by atoms with E-state index in [2.05, 4.69) is 5.32 Å². The molecule has 0 spiro atoms. The number of carbonyl (C=O) groups excluding carboxylic acids is 1. The monoisotopic (exact) mass is 397 g/mol. The second kappa shape index (κ2) is 8.60. The van der Waals surface area contributed by atoms with E-state index in [1.807, 2.05) is 0 Å². The predicted octanol–water partition coefficient (Wildman–Crippen LogP) is 3.96. The second-order valence-corrected chi connectivity index (χ2v) is 6.53. The van der Waals surface area contributed by atoms with Crippen molar-refractivity contribution in [3.63, 3.8) is 0 Å². The molecule has 2 aromatic carbocycles. The summed E-state index contributed by atoms with van der Waals surface area (Å²) in [5.74, 6) is -0.936. The zero-order valence-corrected chi connectivity index (χ0v) is 15.9. The Kier molecular flexibility index (Phi) is 5.97. The van der Waals surface area contributed by atoms with Crippen molar-refractivity contribution >= 4 is 11.6 Å². The molecule has 1 aromatic heterocycles. The summed E-state index contributed by atoms with van der Waals surface area (Å²) in [6.45, 7) is 1.55. The van der Waals surface area contributed by atoms with Gasteiger partial charge < -0.3 is 19.6 Å². The Hall–Kier alpha value is -3.61. The van der Waals surface area contributed by atoms with Crippen molar-refractivity contribution in [2.75, 3.05) is 12.4 Å². The molecule has 0 fully saturated rings. The number of rotatable bonds is 6. The van der Waals surface area contributed by atoms with E-state index >= 15 is 0 Å². The van der Waals surface area contributed by atoms with Crippen molar-refractivity contribution in [2.24, 2.45) is 0 Å². The van der Waals surface area contributed by atoms with Gasteiger partial charge in [-0.2, -0.15) is 0 Å². The van der Waals surface area contributed by atoms with Crippen LogP contribution in [0.15, 0.2) is 63.8 Å². The van der Waals surface area contributed by atoms with Gasteiger partial charge in [-0.3, -0.25) is 4.79 Å². The number of anilines is 1. The third-order valence-corrected chi connectivity index (χ3v) is 4.47. The molecule has 2 N–H and O–H groups in total. The lowest BCUT2D eigenvalue weighted by atomic mass is 9.88. The van der Waals surface area contributed by atoms with Crippen molar-refractivity contribution in [2.45, 2.75) is 19.3 Å². The van der Waals surface area contributed by atoms with Gasteiger partial charge in [0, 0.05) is 24.1 Å². The molecule has 0 aliphatic carbocycles. The van der Waals surface area contributed by atoms with Gasteiger partial charge in [-0.05, 0) is 48.9 Å². The minimum Gasteiger partial charge on any atom is -0.507 e. The first kappa shape index (κ1) is 20.1. The van der Waals surface area contributed by atoms with Crippen LogP contribution in [0.1, 0.15) is 29.2 Å². The Bertz CT molecular complexity index is 1060. The molecule has 0 saturated carbocycles. The first-order valence-electron chi connectivity index (χ1n) is 8.90. The van der Waals surface area contributed by atoms with Gasteiger partial charge in [0.05, 0.1) is 12.7 Å². The molecule has 0 aliphatic rings. The fourth-order valence-corrected chi connectivity index (χ4v) is 3.08. The molecule has 6 nitrogen and oxygen atoms in total. The summed E-state index contributed by atoms with van der Waals surface area (Å²) in [5, 5.41) is 13.0. The standard InChI is InChI=1S/C22H20FNO5/c1-13-11-19(25)21(22(27)29-13)18(14-3-9-17(28-2)10-4-14)12-20(26)24-16-7-5-15(23)6-8-16/h3-11,18,25H,12H2,1-2H3,(H,24,26). The number of nitrogens with one attached hydrogen (secondary N) is 1. The lowest BCUT2D eigenvalue weighted by Crippen LogP contribution is -2.21. The van der Waals surface area contributed by atoms with E-state index in [9.17, 15) is 19.1 Å². The van der Waals surface area contributed by atoms with Crippen molar-refractivity contribution < 1.29 is 23.4 Å². The highest BCUT2D eigenvalue weighted by atomic mass is 19.1. The Morgan fingerprint density at radius 1 is 1.17 bits per heavy atom. The van der Waals surface area contributed by atoms with Gasteiger partial charge in [-0.25, -0.2) is 9.18 Å². The highest BCUT2D eigenvalue weighted by Crippen LogP contribution is 2.33. The Morgan fingerprint density at radius 3 is 2.41 bits per heavy atom. The summed E-state index contributed by atoms with van der Waals surface area (Å²) in [6, 6.07) is 13.5. The second-order valence-electron chi connectivity index (χ2n) is 6.53. The molecule has 0 bridgehead atoms. The van der Waals surface area contributed by atoms with Gasteiger partial charge in [0.2, 0.25) is 5.91 Å².